The first kappa shape index (κ1) is 18.3. The zero-order valence-corrected chi connectivity index (χ0v) is 16.7. The van der Waals surface area contributed by atoms with Gasteiger partial charge in [0.1, 0.15) is 0 Å². The summed E-state index contributed by atoms with van der Waals surface area (Å²) in [5, 5.41) is 6.42. The summed E-state index contributed by atoms with van der Waals surface area (Å²) in [6, 6.07) is 14.2. The summed E-state index contributed by atoms with van der Waals surface area (Å²) >= 11 is 0. The molecule has 0 N–H and O–H groups in total. The molecule has 3 aromatic rings. The molecule has 0 saturated heterocycles. The Morgan fingerprint density at radius 2 is 1.68 bits per heavy atom. The maximum Gasteiger partial charge on any atom is 0.248 e. The molecule has 0 saturated carbocycles. The minimum Gasteiger partial charge on any atom is -0.272 e. The largest absolute Gasteiger partial charge is 0.272 e. The molecule has 0 aliphatic carbocycles. The van der Waals surface area contributed by atoms with E-state index in [-0.39, 0.29) is 11.9 Å². The van der Waals surface area contributed by atoms with Gasteiger partial charge in [0.25, 0.3) is 0 Å². The first-order valence-corrected chi connectivity index (χ1v) is 9.52. The summed E-state index contributed by atoms with van der Waals surface area (Å²) in [5.74, 6) is 0.0128. The number of carbonyl (C=O) groups is 1. The van der Waals surface area contributed by atoms with Crippen molar-refractivity contribution < 1.29 is 4.79 Å². The van der Waals surface area contributed by atoms with Crippen molar-refractivity contribution in [3.63, 3.8) is 0 Å². The lowest BCUT2D eigenvalue weighted by molar-refractivity contribution is -0.141. The van der Waals surface area contributed by atoms with E-state index in [2.05, 4.69) is 41.2 Å². The maximum absolute atomic E-state index is 13.1. The zero-order chi connectivity index (χ0) is 19.9. The minimum absolute atomic E-state index is 0.0128. The van der Waals surface area contributed by atoms with E-state index in [9.17, 15) is 4.79 Å². The quantitative estimate of drug-likeness (QED) is 0.657. The van der Waals surface area contributed by atoms with Gasteiger partial charge in [-0.25, -0.2) is 5.01 Å². The van der Waals surface area contributed by atoms with Gasteiger partial charge in [0.2, 0.25) is 5.91 Å². The van der Waals surface area contributed by atoms with E-state index < -0.39 is 5.41 Å². The lowest BCUT2D eigenvalue weighted by atomic mass is 9.92. The van der Waals surface area contributed by atoms with E-state index in [0.29, 0.717) is 6.42 Å². The van der Waals surface area contributed by atoms with Gasteiger partial charge >= 0.3 is 0 Å². The Morgan fingerprint density at radius 3 is 2.36 bits per heavy atom. The first-order chi connectivity index (χ1) is 13.3. The third-order valence-electron chi connectivity index (χ3n) is 5.02. The minimum atomic E-state index is -0.513. The highest BCUT2D eigenvalue weighted by Crippen LogP contribution is 2.36. The second-order valence-electron chi connectivity index (χ2n) is 8.34. The summed E-state index contributed by atoms with van der Waals surface area (Å²) in [6.45, 7) is 7.85. The fourth-order valence-electron chi connectivity index (χ4n) is 3.41. The number of carbonyl (C=O) groups excluding carboxylic acids is 1. The van der Waals surface area contributed by atoms with Crippen molar-refractivity contribution in [3.05, 3.63) is 71.5 Å². The highest BCUT2D eigenvalue weighted by molar-refractivity contribution is 6.03. The highest BCUT2D eigenvalue weighted by atomic mass is 16.2. The average Bonchev–Trinajstić information content (AvgIpc) is 3.12. The number of hydrazone groups is 1. The van der Waals surface area contributed by atoms with Gasteiger partial charge in [-0.2, -0.15) is 5.10 Å². The van der Waals surface area contributed by atoms with Crippen LogP contribution in [0.25, 0.3) is 11.0 Å². The first-order valence-electron chi connectivity index (χ1n) is 9.52. The van der Waals surface area contributed by atoms with E-state index >= 15 is 0 Å². The smallest absolute Gasteiger partial charge is 0.248 e. The Labute approximate surface area is 165 Å². The Hall–Kier alpha value is -3.08. The molecule has 4 rings (SSSR count). The van der Waals surface area contributed by atoms with Crippen molar-refractivity contribution in [1.29, 1.82) is 0 Å². The van der Waals surface area contributed by atoms with Crippen LogP contribution in [0.1, 0.15) is 49.9 Å². The number of hydrogen-bond acceptors (Lipinski definition) is 4. The van der Waals surface area contributed by atoms with Crippen molar-refractivity contribution in [2.45, 2.75) is 40.2 Å². The van der Waals surface area contributed by atoms with E-state index in [1.54, 1.807) is 17.4 Å². The van der Waals surface area contributed by atoms with Crippen molar-refractivity contribution in [3.8, 4) is 0 Å². The van der Waals surface area contributed by atoms with Gasteiger partial charge in [0.15, 0.2) is 0 Å². The SMILES string of the molecule is Cc1ccc(C2=NN(C(=O)C(C)(C)C)[C@H](c3ccc4nccnc4c3)C2)cc1. The van der Waals surface area contributed by atoms with Crippen LogP contribution in [0.15, 0.2) is 60.0 Å². The summed E-state index contributed by atoms with van der Waals surface area (Å²) < 4.78 is 0. The predicted molar refractivity (Wildman–Crippen MR) is 111 cm³/mol. The number of fused-ring (bicyclic) bond motifs is 1. The number of nitrogens with zero attached hydrogens (tertiary/aromatic N) is 4. The van der Waals surface area contributed by atoms with Crippen molar-refractivity contribution in [1.82, 2.24) is 15.0 Å². The number of amides is 1. The van der Waals surface area contributed by atoms with Crippen LogP contribution in [-0.2, 0) is 4.79 Å². The molecule has 0 bridgehead atoms. The summed E-state index contributed by atoms with van der Waals surface area (Å²) in [7, 11) is 0. The predicted octanol–water partition coefficient (Wildman–Crippen LogP) is 4.66. The van der Waals surface area contributed by atoms with Gasteiger partial charge in [-0.1, -0.05) is 56.7 Å². The number of benzene rings is 2. The molecule has 1 atom stereocenters. The molecule has 0 fully saturated rings. The average molecular weight is 372 g/mol. The molecule has 2 heterocycles. The van der Waals surface area contributed by atoms with Crippen LogP contribution in [0.5, 0.6) is 0 Å². The van der Waals surface area contributed by atoms with Gasteiger partial charge in [-0.15, -0.1) is 0 Å². The van der Waals surface area contributed by atoms with E-state index in [0.717, 1.165) is 27.9 Å². The molecule has 1 aliphatic rings. The van der Waals surface area contributed by atoms with Crippen LogP contribution in [0.2, 0.25) is 0 Å². The maximum atomic E-state index is 13.1. The molecule has 142 valence electrons. The molecule has 0 radical (unpaired) electrons. The van der Waals surface area contributed by atoms with E-state index in [4.69, 9.17) is 5.10 Å². The van der Waals surface area contributed by atoms with E-state index in [1.807, 2.05) is 39.0 Å². The normalized spacial score (nSPS) is 17.1. The number of aryl methyl sites for hydroxylation is 1. The Morgan fingerprint density at radius 1 is 1.00 bits per heavy atom. The number of hydrogen-bond donors (Lipinski definition) is 0. The Bertz CT molecular complexity index is 1060. The Balaban J connectivity index is 1.75. The summed E-state index contributed by atoms with van der Waals surface area (Å²) in [5.41, 5.74) is 5.37. The molecular formula is C23H24N4O. The molecule has 1 amide bonds. The fourth-order valence-corrected chi connectivity index (χ4v) is 3.41. The van der Waals surface area contributed by atoms with Crippen LogP contribution < -0.4 is 0 Å². The molecular weight excluding hydrogens is 348 g/mol. The third-order valence-corrected chi connectivity index (χ3v) is 5.02. The van der Waals surface area contributed by atoms with Gasteiger partial charge in [0, 0.05) is 24.2 Å². The second kappa shape index (κ2) is 6.82. The van der Waals surface area contributed by atoms with Gasteiger partial charge in [-0.05, 0) is 30.2 Å². The molecule has 2 aromatic carbocycles. The standard InChI is InChI=1S/C23H24N4O/c1-15-5-7-16(8-6-15)19-14-21(27(26-19)22(28)23(2,3)4)17-9-10-18-20(13-17)25-12-11-24-18/h5-13,21H,14H2,1-4H3/t21-/m0/s1. The van der Waals surface area contributed by atoms with Gasteiger partial charge in [-0.3, -0.25) is 14.8 Å². The van der Waals surface area contributed by atoms with Crippen molar-refractivity contribution in [2.24, 2.45) is 10.5 Å². The molecule has 28 heavy (non-hydrogen) atoms. The van der Waals surface area contributed by atoms with Crippen LogP contribution in [0, 0.1) is 12.3 Å². The number of aromatic nitrogens is 2. The molecule has 5 heteroatoms. The lowest BCUT2D eigenvalue weighted by Crippen LogP contribution is -2.36. The Kier molecular flexibility index (Phi) is 4.46. The topological polar surface area (TPSA) is 58.5 Å². The molecule has 0 unspecified atom stereocenters. The lowest BCUT2D eigenvalue weighted by Gasteiger charge is -2.28. The molecule has 1 aromatic heterocycles. The summed E-state index contributed by atoms with van der Waals surface area (Å²) in [4.78, 5) is 21.9. The molecule has 1 aliphatic heterocycles. The zero-order valence-electron chi connectivity index (χ0n) is 16.7. The molecule has 5 nitrogen and oxygen atoms in total. The van der Waals surface area contributed by atoms with Crippen molar-refractivity contribution >= 4 is 22.7 Å². The van der Waals surface area contributed by atoms with Crippen LogP contribution in [0.3, 0.4) is 0 Å². The van der Waals surface area contributed by atoms with Crippen LogP contribution >= 0.6 is 0 Å². The third kappa shape index (κ3) is 3.40. The monoisotopic (exact) mass is 372 g/mol. The number of rotatable bonds is 2. The van der Waals surface area contributed by atoms with Crippen molar-refractivity contribution in [2.75, 3.05) is 0 Å². The van der Waals surface area contributed by atoms with Crippen LogP contribution in [-0.4, -0.2) is 26.6 Å². The second-order valence-corrected chi connectivity index (χ2v) is 8.34. The van der Waals surface area contributed by atoms with E-state index in [1.165, 1.54) is 5.56 Å². The molecule has 0 spiro atoms. The highest BCUT2D eigenvalue weighted by Gasteiger charge is 2.38. The van der Waals surface area contributed by atoms with Gasteiger partial charge in [0.05, 0.1) is 22.8 Å². The fraction of sp³-hybridized carbons (Fsp3) is 0.304. The van der Waals surface area contributed by atoms with Crippen LogP contribution in [0.4, 0.5) is 0 Å². The van der Waals surface area contributed by atoms with Gasteiger partial charge < -0.3 is 0 Å². The summed E-state index contributed by atoms with van der Waals surface area (Å²) in [6.07, 6.45) is 4.05.